The van der Waals surface area contributed by atoms with Crippen molar-refractivity contribution in [2.24, 2.45) is 0 Å². The predicted molar refractivity (Wildman–Crippen MR) is 76.2 cm³/mol. The highest BCUT2D eigenvalue weighted by atomic mass is 16.7. The van der Waals surface area contributed by atoms with Crippen LogP contribution in [0.2, 0.25) is 0 Å². The number of nitrogens with zero attached hydrogens (tertiary/aromatic N) is 3. The average molecular weight is 297 g/mol. The van der Waals surface area contributed by atoms with Gasteiger partial charge in [-0.2, -0.15) is 0 Å². The molecule has 0 spiro atoms. The number of benzene rings is 2. The highest BCUT2D eigenvalue weighted by molar-refractivity contribution is 5.93. The van der Waals surface area contributed by atoms with Crippen LogP contribution in [0.4, 0.5) is 0 Å². The van der Waals surface area contributed by atoms with Crippen molar-refractivity contribution in [1.82, 2.24) is 15.2 Å². The summed E-state index contributed by atoms with van der Waals surface area (Å²) < 4.78 is 4.59. The molecule has 2 aromatic carbocycles. The van der Waals surface area contributed by atoms with Crippen LogP contribution in [0.3, 0.4) is 0 Å². The molecule has 7 nitrogen and oxygen atoms in total. The van der Waals surface area contributed by atoms with Crippen LogP contribution in [-0.2, 0) is 4.74 Å². The van der Waals surface area contributed by atoms with Crippen molar-refractivity contribution in [1.29, 1.82) is 0 Å². The van der Waals surface area contributed by atoms with Crippen LogP contribution in [0.5, 0.6) is 0 Å². The molecule has 0 aliphatic rings. The molecule has 7 heteroatoms. The van der Waals surface area contributed by atoms with Gasteiger partial charge in [-0.05, 0) is 41.6 Å². The Morgan fingerprint density at radius 3 is 2.27 bits per heavy atom. The van der Waals surface area contributed by atoms with Gasteiger partial charge in [0.1, 0.15) is 11.0 Å². The minimum atomic E-state index is -0.605. The minimum Gasteiger partial charge on any atom is -0.465 e. The maximum absolute atomic E-state index is 12.1. The van der Waals surface area contributed by atoms with Crippen molar-refractivity contribution in [3.05, 3.63) is 59.7 Å². The van der Waals surface area contributed by atoms with E-state index in [-0.39, 0.29) is 5.56 Å². The average Bonchev–Trinajstić information content (AvgIpc) is 2.97. The molecule has 1 heterocycles. The molecule has 0 aliphatic heterocycles. The highest BCUT2D eigenvalue weighted by Crippen LogP contribution is 2.10. The largest absolute Gasteiger partial charge is 0.465 e. The highest BCUT2D eigenvalue weighted by Gasteiger charge is 2.13. The topological polar surface area (TPSA) is 83.3 Å². The van der Waals surface area contributed by atoms with Crippen molar-refractivity contribution < 1.29 is 19.2 Å². The number of esters is 1. The lowest BCUT2D eigenvalue weighted by Crippen LogP contribution is -2.21. The molecule has 0 bridgehead atoms. The summed E-state index contributed by atoms with van der Waals surface area (Å²) in [6, 6.07) is 13.0. The minimum absolute atomic E-state index is 0.284. The number of fused-ring (bicyclic) bond motifs is 1. The summed E-state index contributed by atoms with van der Waals surface area (Å²) in [4.78, 5) is 29.6. The monoisotopic (exact) mass is 297 g/mol. The van der Waals surface area contributed by atoms with E-state index in [9.17, 15) is 9.59 Å². The predicted octanol–water partition coefficient (Wildman–Crippen LogP) is 1.49. The van der Waals surface area contributed by atoms with Crippen LogP contribution in [0.15, 0.2) is 48.5 Å². The molecule has 3 rings (SSSR count). The zero-order valence-corrected chi connectivity index (χ0v) is 11.6. The maximum Gasteiger partial charge on any atom is 0.365 e. The molecular formula is C15H11N3O4. The summed E-state index contributed by atoms with van der Waals surface area (Å²) in [5.74, 6) is -1.07. The third kappa shape index (κ3) is 2.51. The van der Waals surface area contributed by atoms with Gasteiger partial charge in [0.2, 0.25) is 0 Å². The number of hydrogen-bond donors (Lipinski definition) is 0. The lowest BCUT2D eigenvalue weighted by atomic mass is 10.1. The van der Waals surface area contributed by atoms with Crippen molar-refractivity contribution in [2.75, 3.05) is 7.11 Å². The first kappa shape index (κ1) is 13.7. The Morgan fingerprint density at radius 1 is 0.955 bits per heavy atom. The van der Waals surface area contributed by atoms with Crippen LogP contribution in [0.1, 0.15) is 20.7 Å². The number of carbonyl (C=O) groups is 2. The van der Waals surface area contributed by atoms with Crippen molar-refractivity contribution in [2.45, 2.75) is 0 Å². The molecule has 0 unspecified atom stereocenters. The molecular weight excluding hydrogens is 286 g/mol. The number of methoxy groups -OCH3 is 1. The Bertz CT molecular complexity index is 839. The standard InChI is InChI=1S/C15H11N3O4/c1-21-14(19)10-6-8-11(9-7-10)15(20)22-18-13-5-3-2-4-12(13)16-17-18/h2-9H,1H3. The first-order valence-corrected chi connectivity index (χ1v) is 6.40. The van der Waals surface area contributed by atoms with Gasteiger partial charge in [0.15, 0.2) is 0 Å². The summed E-state index contributed by atoms with van der Waals surface area (Å²) in [5, 5.41) is 7.66. The van der Waals surface area contributed by atoms with E-state index in [1.165, 1.54) is 31.4 Å². The van der Waals surface area contributed by atoms with E-state index in [1.807, 2.05) is 6.07 Å². The number of carbonyl (C=O) groups excluding carboxylic acids is 2. The molecule has 0 amide bonds. The van der Waals surface area contributed by atoms with Gasteiger partial charge in [-0.15, -0.1) is 5.10 Å². The van der Waals surface area contributed by atoms with Crippen molar-refractivity contribution >= 4 is 23.0 Å². The van der Waals surface area contributed by atoms with Crippen LogP contribution in [0.25, 0.3) is 11.0 Å². The van der Waals surface area contributed by atoms with Gasteiger partial charge < -0.3 is 9.57 Å². The maximum atomic E-state index is 12.1. The molecule has 1 aromatic heterocycles. The second kappa shape index (κ2) is 5.65. The van der Waals surface area contributed by atoms with Gasteiger partial charge in [0.25, 0.3) is 0 Å². The van der Waals surface area contributed by atoms with E-state index < -0.39 is 11.9 Å². The fourth-order valence-corrected chi connectivity index (χ4v) is 1.91. The molecule has 0 aliphatic carbocycles. The second-order valence-corrected chi connectivity index (χ2v) is 4.40. The van der Waals surface area contributed by atoms with Crippen LogP contribution in [0, 0.1) is 0 Å². The second-order valence-electron chi connectivity index (χ2n) is 4.40. The molecule has 0 atom stereocenters. The molecule has 0 radical (unpaired) electrons. The molecule has 0 saturated heterocycles. The Balaban J connectivity index is 1.81. The lowest BCUT2D eigenvalue weighted by molar-refractivity contribution is 0.0408. The Morgan fingerprint density at radius 2 is 1.59 bits per heavy atom. The van der Waals surface area contributed by atoms with E-state index in [4.69, 9.17) is 4.84 Å². The SMILES string of the molecule is COC(=O)c1ccc(C(=O)On2nnc3ccccc32)cc1. The third-order valence-corrected chi connectivity index (χ3v) is 3.03. The van der Waals surface area contributed by atoms with E-state index in [0.29, 0.717) is 16.6 Å². The van der Waals surface area contributed by atoms with Gasteiger partial charge in [-0.3, -0.25) is 0 Å². The molecule has 0 saturated carbocycles. The summed E-state index contributed by atoms with van der Waals surface area (Å²) in [6.07, 6.45) is 0. The number of rotatable bonds is 3. The van der Waals surface area contributed by atoms with Gasteiger partial charge in [-0.1, -0.05) is 17.0 Å². The van der Waals surface area contributed by atoms with Gasteiger partial charge in [-0.25, -0.2) is 9.59 Å². The van der Waals surface area contributed by atoms with Gasteiger partial charge in [0, 0.05) is 0 Å². The van der Waals surface area contributed by atoms with E-state index >= 15 is 0 Å². The van der Waals surface area contributed by atoms with Crippen LogP contribution >= 0.6 is 0 Å². The quantitative estimate of drug-likeness (QED) is 0.538. The smallest absolute Gasteiger partial charge is 0.365 e. The fraction of sp³-hybridized carbons (Fsp3) is 0.0667. The van der Waals surface area contributed by atoms with E-state index in [2.05, 4.69) is 15.0 Å². The first-order chi connectivity index (χ1) is 10.7. The molecule has 3 aromatic rings. The van der Waals surface area contributed by atoms with Gasteiger partial charge in [0.05, 0.1) is 18.2 Å². The zero-order valence-electron chi connectivity index (χ0n) is 11.6. The Kier molecular flexibility index (Phi) is 3.53. The van der Waals surface area contributed by atoms with E-state index in [0.717, 1.165) is 4.85 Å². The molecule has 22 heavy (non-hydrogen) atoms. The van der Waals surface area contributed by atoms with E-state index in [1.54, 1.807) is 18.2 Å². The number of aromatic nitrogens is 3. The Hall–Kier alpha value is -3.22. The van der Waals surface area contributed by atoms with Crippen LogP contribution in [-0.4, -0.2) is 34.2 Å². The van der Waals surface area contributed by atoms with Crippen molar-refractivity contribution in [3.8, 4) is 0 Å². The normalized spacial score (nSPS) is 10.4. The first-order valence-electron chi connectivity index (χ1n) is 6.40. The lowest BCUT2D eigenvalue weighted by Gasteiger charge is -2.04. The zero-order chi connectivity index (χ0) is 15.5. The molecule has 110 valence electrons. The van der Waals surface area contributed by atoms with Crippen molar-refractivity contribution in [3.63, 3.8) is 0 Å². The van der Waals surface area contributed by atoms with Gasteiger partial charge >= 0.3 is 11.9 Å². The molecule has 0 N–H and O–H groups in total. The van der Waals surface area contributed by atoms with Crippen LogP contribution < -0.4 is 4.84 Å². The third-order valence-electron chi connectivity index (χ3n) is 3.03. The number of para-hydroxylation sites is 1. The Labute approximate surface area is 125 Å². The summed E-state index contributed by atoms with van der Waals surface area (Å²) in [6.45, 7) is 0. The summed E-state index contributed by atoms with van der Waals surface area (Å²) in [5.41, 5.74) is 1.84. The summed E-state index contributed by atoms with van der Waals surface area (Å²) in [7, 11) is 1.29. The fourth-order valence-electron chi connectivity index (χ4n) is 1.91. The molecule has 0 fully saturated rings. The summed E-state index contributed by atoms with van der Waals surface area (Å²) >= 11 is 0. The number of hydrogen-bond acceptors (Lipinski definition) is 6. The number of ether oxygens (including phenoxy) is 1.